The first-order valence-corrected chi connectivity index (χ1v) is 11.5. The van der Waals surface area contributed by atoms with Crippen molar-refractivity contribution >= 4 is 17.9 Å². The van der Waals surface area contributed by atoms with Crippen molar-refractivity contribution in [2.75, 3.05) is 5.73 Å². The lowest BCUT2D eigenvalue weighted by atomic mass is 10.2. The molecule has 0 atom stereocenters. The number of carbonyl (C=O) groups is 1. The summed E-state index contributed by atoms with van der Waals surface area (Å²) in [7, 11) is 0. The highest BCUT2D eigenvalue weighted by Gasteiger charge is 2.24. The number of hydrogen-bond acceptors (Lipinski definition) is 10. The molecule has 0 fully saturated rings. The molecule has 5 rings (SSSR count). The Morgan fingerprint density at radius 3 is 2.32 bits per heavy atom. The van der Waals surface area contributed by atoms with Crippen LogP contribution < -0.4 is 20.6 Å². The molecule has 1 amide bonds. The van der Waals surface area contributed by atoms with Gasteiger partial charge in [0, 0.05) is 0 Å². The molecular formula is C26H22N8O4. The van der Waals surface area contributed by atoms with E-state index in [1.54, 1.807) is 12.1 Å². The fourth-order valence-corrected chi connectivity index (χ4v) is 3.39. The lowest BCUT2D eigenvalue weighted by Gasteiger charge is -2.08. The molecule has 0 spiro atoms. The summed E-state index contributed by atoms with van der Waals surface area (Å²) in [5.74, 6) is 0.777. The maximum atomic E-state index is 12.9. The Morgan fingerprint density at radius 1 is 0.921 bits per heavy atom. The number of hydrogen-bond donors (Lipinski definition) is 2. The molecule has 5 aromatic rings. The second-order valence-corrected chi connectivity index (χ2v) is 7.91. The van der Waals surface area contributed by atoms with Crippen LogP contribution in [0.25, 0.3) is 5.82 Å². The highest BCUT2D eigenvalue weighted by Crippen LogP contribution is 2.19. The normalized spacial score (nSPS) is 10.9. The van der Waals surface area contributed by atoms with Gasteiger partial charge in [0.05, 0.1) is 6.21 Å². The summed E-state index contributed by atoms with van der Waals surface area (Å²) < 4.78 is 17.5. The van der Waals surface area contributed by atoms with E-state index in [9.17, 15) is 4.79 Å². The zero-order valence-corrected chi connectivity index (χ0v) is 20.0. The van der Waals surface area contributed by atoms with E-state index in [0.717, 1.165) is 16.9 Å². The average Bonchev–Trinajstić information content (AvgIpc) is 3.58. The van der Waals surface area contributed by atoms with Gasteiger partial charge in [0.1, 0.15) is 30.4 Å². The molecule has 0 radical (unpaired) electrons. The van der Waals surface area contributed by atoms with Gasteiger partial charge in [-0.15, -0.1) is 5.10 Å². The number of rotatable bonds is 10. The van der Waals surface area contributed by atoms with Crippen LogP contribution in [-0.2, 0) is 13.2 Å². The zero-order chi connectivity index (χ0) is 26.2. The molecule has 0 saturated carbocycles. The second-order valence-electron chi connectivity index (χ2n) is 7.91. The Kier molecular flexibility index (Phi) is 7.30. The number of para-hydroxylation sites is 1. The number of amides is 1. The van der Waals surface area contributed by atoms with Crippen molar-refractivity contribution in [2.24, 2.45) is 5.10 Å². The number of nitrogen functional groups attached to an aromatic ring is 1. The first kappa shape index (κ1) is 24.2. The molecule has 190 valence electrons. The predicted octanol–water partition coefficient (Wildman–Crippen LogP) is 3.15. The van der Waals surface area contributed by atoms with E-state index < -0.39 is 5.91 Å². The minimum absolute atomic E-state index is 0.0166. The summed E-state index contributed by atoms with van der Waals surface area (Å²) in [5.41, 5.74) is 10.4. The number of nitrogens with one attached hydrogen (secondary N) is 1. The van der Waals surface area contributed by atoms with Crippen molar-refractivity contribution < 1.29 is 18.9 Å². The molecule has 2 heterocycles. The lowest BCUT2D eigenvalue weighted by Crippen LogP contribution is -2.21. The van der Waals surface area contributed by atoms with E-state index in [0.29, 0.717) is 12.4 Å². The topological polar surface area (TPSA) is 156 Å². The van der Waals surface area contributed by atoms with Crippen molar-refractivity contribution in [3.63, 3.8) is 0 Å². The molecule has 0 unspecified atom stereocenters. The zero-order valence-electron chi connectivity index (χ0n) is 20.0. The van der Waals surface area contributed by atoms with Gasteiger partial charge in [0.25, 0.3) is 5.91 Å². The van der Waals surface area contributed by atoms with E-state index in [1.807, 2.05) is 72.8 Å². The average molecular weight is 511 g/mol. The van der Waals surface area contributed by atoms with Crippen LogP contribution in [0.5, 0.6) is 11.5 Å². The van der Waals surface area contributed by atoms with Gasteiger partial charge in [-0.2, -0.15) is 9.78 Å². The highest BCUT2D eigenvalue weighted by atomic mass is 16.6. The number of hydrazone groups is 1. The van der Waals surface area contributed by atoms with Gasteiger partial charge < -0.3 is 15.2 Å². The maximum absolute atomic E-state index is 12.9. The van der Waals surface area contributed by atoms with Crippen molar-refractivity contribution in [1.82, 2.24) is 30.7 Å². The van der Waals surface area contributed by atoms with E-state index in [2.05, 4.69) is 35.8 Å². The summed E-state index contributed by atoms with van der Waals surface area (Å²) in [6.07, 6.45) is 1.50. The van der Waals surface area contributed by atoms with Gasteiger partial charge in [-0.3, -0.25) is 4.79 Å². The number of ether oxygens (including phenoxy) is 2. The van der Waals surface area contributed by atoms with Crippen LogP contribution in [0.1, 0.15) is 27.3 Å². The molecule has 0 aliphatic carbocycles. The largest absolute Gasteiger partial charge is 0.489 e. The molecule has 38 heavy (non-hydrogen) atoms. The fraction of sp³-hybridized carbons (Fsp3) is 0.0769. The molecule has 0 saturated heterocycles. The van der Waals surface area contributed by atoms with Crippen LogP contribution in [0.2, 0.25) is 0 Å². The monoisotopic (exact) mass is 510 g/mol. The van der Waals surface area contributed by atoms with Crippen LogP contribution in [0.4, 0.5) is 5.82 Å². The number of nitrogens with zero attached hydrogens (tertiary/aromatic N) is 6. The molecule has 0 bridgehead atoms. The molecule has 12 nitrogen and oxygen atoms in total. The molecular weight excluding hydrogens is 488 g/mol. The Labute approximate surface area is 216 Å². The number of anilines is 1. The quantitative estimate of drug-likeness (QED) is 0.213. The summed E-state index contributed by atoms with van der Waals surface area (Å²) >= 11 is 0. The maximum Gasteiger partial charge on any atom is 0.293 e. The van der Waals surface area contributed by atoms with Crippen molar-refractivity contribution in [3.8, 4) is 17.3 Å². The summed E-state index contributed by atoms with van der Waals surface area (Å²) in [6, 6.07) is 26.3. The van der Waals surface area contributed by atoms with E-state index >= 15 is 0 Å². The van der Waals surface area contributed by atoms with Gasteiger partial charge in [0.2, 0.25) is 11.6 Å². The molecule has 0 aliphatic heterocycles. The van der Waals surface area contributed by atoms with Gasteiger partial charge >= 0.3 is 0 Å². The van der Waals surface area contributed by atoms with Crippen molar-refractivity contribution in [3.05, 3.63) is 107 Å². The Bertz CT molecular complexity index is 1520. The Balaban J connectivity index is 1.25. The third kappa shape index (κ3) is 5.82. The van der Waals surface area contributed by atoms with Gasteiger partial charge in [-0.1, -0.05) is 53.7 Å². The SMILES string of the molecule is Nc1nonc1-n1nnc(C(=O)N/N=C/c2ccc(OCc3ccccc3)cc2)c1COc1ccccc1. The molecule has 12 heteroatoms. The fourth-order valence-electron chi connectivity index (χ4n) is 3.39. The van der Waals surface area contributed by atoms with Crippen molar-refractivity contribution in [2.45, 2.75) is 13.2 Å². The molecule has 3 N–H and O–H groups in total. The van der Waals surface area contributed by atoms with E-state index in [1.165, 1.54) is 10.9 Å². The Hall–Kier alpha value is -5.52. The highest BCUT2D eigenvalue weighted by molar-refractivity contribution is 5.94. The van der Waals surface area contributed by atoms with Crippen molar-refractivity contribution in [1.29, 1.82) is 0 Å². The predicted molar refractivity (Wildman–Crippen MR) is 137 cm³/mol. The minimum atomic E-state index is -0.600. The van der Waals surface area contributed by atoms with Gasteiger partial charge in [-0.05, 0) is 57.8 Å². The van der Waals surface area contributed by atoms with Crippen LogP contribution >= 0.6 is 0 Å². The van der Waals surface area contributed by atoms with E-state index in [4.69, 9.17) is 15.2 Å². The van der Waals surface area contributed by atoms with Crippen LogP contribution in [0, 0.1) is 0 Å². The van der Waals surface area contributed by atoms with Crippen LogP contribution in [0.15, 0.2) is 94.7 Å². The van der Waals surface area contributed by atoms with Gasteiger partial charge in [-0.25, -0.2) is 10.1 Å². The lowest BCUT2D eigenvalue weighted by molar-refractivity contribution is 0.0947. The molecule has 0 aliphatic rings. The molecule has 3 aromatic carbocycles. The number of aromatic nitrogens is 5. The third-order valence-corrected chi connectivity index (χ3v) is 5.30. The number of carbonyl (C=O) groups excluding carboxylic acids is 1. The van der Waals surface area contributed by atoms with E-state index in [-0.39, 0.29) is 29.6 Å². The summed E-state index contributed by atoms with van der Waals surface area (Å²) in [5, 5.41) is 19.3. The van der Waals surface area contributed by atoms with Crippen LogP contribution in [0.3, 0.4) is 0 Å². The van der Waals surface area contributed by atoms with Crippen LogP contribution in [-0.4, -0.2) is 37.4 Å². The standard InChI is InChI=1S/C26H22N8O4/c27-24-25(32-38-31-24)34-22(17-37-20-9-5-2-6-10-20)23(29-33-34)26(35)30-28-15-18-11-13-21(14-12-18)36-16-19-7-3-1-4-8-19/h1-15H,16-17H2,(H2,27,31)(H,30,35)/b28-15+. The first-order valence-electron chi connectivity index (χ1n) is 11.5. The van der Waals surface area contributed by atoms with Gasteiger partial charge in [0.15, 0.2) is 5.69 Å². The molecule has 2 aromatic heterocycles. The first-order chi connectivity index (χ1) is 18.7. The summed E-state index contributed by atoms with van der Waals surface area (Å²) in [4.78, 5) is 12.9. The number of nitrogens with two attached hydrogens (primary N) is 1. The third-order valence-electron chi connectivity index (χ3n) is 5.30. The summed E-state index contributed by atoms with van der Waals surface area (Å²) in [6.45, 7) is 0.414. The number of benzene rings is 3. The Morgan fingerprint density at radius 2 is 1.61 bits per heavy atom. The minimum Gasteiger partial charge on any atom is -0.489 e. The smallest absolute Gasteiger partial charge is 0.293 e. The second kappa shape index (κ2) is 11.5.